The highest BCUT2D eigenvalue weighted by Gasteiger charge is 2.28. The molecular formula is C23H31N3O3. The van der Waals surface area contributed by atoms with Crippen LogP contribution in [-0.2, 0) is 16.1 Å². The van der Waals surface area contributed by atoms with Crippen LogP contribution in [0.2, 0.25) is 0 Å². The smallest absolute Gasteiger partial charge is 0.303 e. The monoisotopic (exact) mass is 397 g/mol. The fourth-order valence-corrected chi connectivity index (χ4v) is 4.02. The van der Waals surface area contributed by atoms with Crippen molar-refractivity contribution in [3.05, 3.63) is 54.6 Å². The molecule has 0 saturated heterocycles. The van der Waals surface area contributed by atoms with E-state index < -0.39 is 5.97 Å². The van der Waals surface area contributed by atoms with Crippen molar-refractivity contribution in [2.24, 2.45) is 11.1 Å². The van der Waals surface area contributed by atoms with Crippen molar-refractivity contribution in [3.63, 3.8) is 0 Å². The molecule has 1 aliphatic rings. The van der Waals surface area contributed by atoms with Crippen LogP contribution < -0.4 is 0 Å². The van der Waals surface area contributed by atoms with E-state index in [1.807, 2.05) is 24.8 Å². The summed E-state index contributed by atoms with van der Waals surface area (Å²) in [6.45, 7) is 0.450. The molecule has 0 unspecified atom stereocenters. The second-order valence-corrected chi connectivity index (χ2v) is 7.75. The Labute approximate surface area is 172 Å². The van der Waals surface area contributed by atoms with Gasteiger partial charge in [0.25, 0.3) is 0 Å². The summed E-state index contributed by atoms with van der Waals surface area (Å²) >= 11 is 0. The lowest BCUT2D eigenvalue weighted by Gasteiger charge is -2.29. The van der Waals surface area contributed by atoms with Crippen LogP contribution >= 0.6 is 0 Å². The van der Waals surface area contributed by atoms with Crippen molar-refractivity contribution < 1.29 is 14.7 Å². The van der Waals surface area contributed by atoms with Crippen LogP contribution in [0.4, 0.5) is 0 Å². The molecule has 3 rings (SSSR count). The number of oxime groups is 1. The Kier molecular flexibility index (Phi) is 8.28. The molecule has 6 heteroatoms. The number of aromatic nitrogens is 2. The minimum absolute atomic E-state index is 0.0713. The van der Waals surface area contributed by atoms with Crippen molar-refractivity contribution in [1.29, 1.82) is 0 Å². The number of aliphatic carboxylic acids is 1. The highest BCUT2D eigenvalue weighted by atomic mass is 16.6. The molecule has 0 amide bonds. The van der Waals surface area contributed by atoms with E-state index in [1.165, 1.54) is 24.8 Å². The Balaban J connectivity index is 1.76. The fourth-order valence-electron chi connectivity index (χ4n) is 4.02. The lowest BCUT2D eigenvalue weighted by molar-refractivity contribution is -0.137. The average molecular weight is 398 g/mol. The summed E-state index contributed by atoms with van der Waals surface area (Å²) < 4.78 is 2.13. The van der Waals surface area contributed by atoms with E-state index in [-0.39, 0.29) is 12.5 Å². The second-order valence-electron chi connectivity index (χ2n) is 7.75. The van der Waals surface area contributed by atoms with Crippen LogP contribution in [0.15, 0.2) is 54.2 Å². The van der Waals surface area contributed by atoms with Gasteiger partial charge in [-0.25, -0.2) is 4.98 Å². The molecule has 0 radical (unpaired) electrons. The number of imidazole rings is 1. The third kappa shape index (κ3) is 6.73. The van der Waals surface area contributed by atoms with Gasteiger partial charge in [0.2, 0.25) is 0 Å². The Morgan fingerprint density at radius 3 is 2.69 bits per heavy atom. The van der Waals surface area contributed by atoms with Gasteiger partial charge in [0.05, 0.1) is 18.1 Å². The molecule has 0 spiro atoms. The minimum Gasteiger partial charge on any atom is -0.481 e. The van der Waals surface area contributed by atoms with E-state index in [9.17, 15) is 4.79 Å². The third-order valence-corrected chi connectivity index (χ3v) is 5.57. The second kappa shape index (κ2) is 11.4. The number of hydrogen-bond donors (Lipinski definition) is 1. The molecule has 1 aliphatic carbocycles. The van der Waals surface area contributed by atoms with Gasteiger partial charge in [-0.2, -0.15) is 0 Å². The first-order valence-corrected chi connectivity index (χ1v) is 10.7. The summed E-state index contributed by atoms with van der Waals surface area (Å²) in [7, 11) is 0. The van der Waals surface area contributed by atoms with Gasteiger partial charge in [0.1, 0.15) is 6.61 Å². The van der Waals surface area contributed by atoms with Crippen LogP contribution in [0.3, 0.4) is 0 Å². The first kappa shape index (κ1) is 21.1. The molecular weight excluding hydrogens is 366 g/mol. The third-order valence-electron chi connectivity index (χ3n) is 5.57. The Morgan fingerprint density at radius 1 is 1.21 bits per heavy atom. The number of carboxylic acid groups (broad SMARTS) is 1. The predicted molar refractivity (Wildman–Crippen MR) is 113 cm³/mol. The summed E-state index contributed by atoms with van der Waals surface area (Å²) in [5.74, 6) is -0.349. The first-order chi connectivity index (χ1) is 14.2. The van der Waals surface area contributed by atoms with Crippen LogP contribution in [0.5, 0.6) is 0 Å². The van der Waals surface area contributed by atoms with E-state index in [0.717, 1.165) is 25.0 Å². The Morgan fingerprint density at radius 2 is 2.00 bits per heavy atom. The lowest BCUT2D eigenvalue weighted by Crippen LogP contribution is -2.29. The van der Waals surface area contributed by atoms with Crippen molar-refractivity contribution in [1.82, 2.24) is 9.55 Å². The SMILES string of the molecule is O=C(O)CCCCO/N=C(\C1CCCCC1)[C@@H](Cc1ccccc1)n1ccnc1. The Hall–Kier alpha value is -2.63. The maximum atomic E-state index is 10.7. The number of rotatable bonds is 11. The standard InChI is InChI=1S/C23H31N3O3/c27-22(28)13-7-8-16-29-25-23(20-11-5-2-6-12-20)21(26-15-14-24-18-26)17-19-9-3-1-4-10-19/h1,3-4,9-10,14-15,18,20-21H,2,5-8,11-13,16-17H2,(H,27,28)/b25-23+/t21-/m1/s1. The van der Waals surface area contributed by atoms with Crippen molar-refractivity contribution in [2.45, 2.75) is 63.8 Å². The maximum absolute atomic E-state index is 10.7. The zero-order valence-corrected chi connectivity index (χ0v) is 16.9. The molecule has 0 bridgehead atoms. The molecule has 1 heterocycles. The van der Waals surface area contributed by atoms with E-state index in [0.29, 0.717) is 25.4 Å². The zero-order valence-electron chi connectivity index (χ0n) is 16.9. The highest BCUT2D eigenvalue weighted by Crippen LogP contribution is 2.31. The van der Waals surface area contributed by atoms with E-state index >= 15 is 0 Å². The van der Waals surface area contributed by atoms with Gasteiger partial charge in [-0.05, 0) is 37.7 Å². The van der Waals surface area contributed by atoms with Crippen LogP contribution in [0.1, 0.15) is 63.0 Å². The van der Waals surface area contributed by atoms with Crippen molar-refractivity contribution >= 4 is 11.7 Å². The molecule has 29 heavy (non-hydrogen) atoms. The quantitative estimate of drug-likeness (QED) is 0.333. The van der Waals surface area contributed by atoms with Crippen LogP contribution in [0, 0.1) is 5.92 Å². The van der Waals surface area contributed by atoms with Gasteiger partial charge in [0, 0.05) is 24.7 Å². The number of hydrogen-bond acceptors (Lipinski definition) is 4. The van der Waals surface area contributed by atoms with Crippen molar-refractivity contribution in [2.75, 3.05) is 6.61 Å². The van der Waals surface area contributed by atoms with Crippen LogP contribution in [-0.4, -0.2) is 32.9 Å². The van der Waals surface area contributed by atoms with Gasteiger partial charge < -0.3 is 14.5 Å². The van der Waals surface area contributed by atoms with Crippen LogP contribution in [0.25, 0.3) is 0 Å². The van der Waals surface area contributed by atoms with Gasteiger partial charge in [-0.15, -0.1) is 0 Å². The average Bonchev–Trinajstić information content (AvgIpc) is 3.28. The summed E-state index contributed by atoms with van der Waals surface area (Å²) in [5, 5.41) is 13.4. The molecule has 156 valence electrons. The normalized spacial score (nSPS) is 16.5. The Bertz CT molecular complexity index is 753. The fraction of sp³-hybridized carbons (Fsp3) is 0.522. The summed E-state index contributed by atoms with van der Waals surface area (Å²) in [6.07, 6.45) is 14.0. The molecule has 1 N–H and O–H groups in total. The number of unbranched alkanes of at least 4 members (excludes halogenated alkanes) is 1. The molecule has 1 saturated carbocycles. The number of carbonyl (C=O) groups is 1. The van der Waals surface area contributed by atoms with Gasteiger partial charge >= 0.3 is 5.97 Å². The number of carboxylic acids is 1. The lowest BCUT2D eigenvalue weighted by atomic mass is 9.82. The molecule has 1 fully saturated rings. The largest absolute Gasteiger partial charge is 0.481 e. The molecule has 2 aromatic rings. The zero-order chi connectivity index (χ0) is 20.3. The van der Waals surface area contributed by atoms with Gasteiger partial charge in [0.15, 0.2) is 0 Å². The molecule has 1 aromatic heterocycles. The number of nitrogens with zero attached hydrogens (tertiary/aromatic N) is 3. The minimum atomic E-state index is -0.764. The number of benzene rings is 1. The molecule has 0 aliphatic heterocycles. The van der Waals surface area contributed by atoms with Crippen molar-refractivity contribution in [3.8, 4) is 0 Å². The maximum Gasteiger partial charge on any atom is 0.303 e. The van der Waals surface area contributed by atoms with Gasteiger partial charge in [-0.3, -0.25) is 4.79 Å². The van der Waals surface area contributed by atoms with E-state index in [1.54, 1.807) is 0 Å². The highest BCUT2D eigenvalue weighted by molar-refractivity contribution is 5.90. The topological polar surface area (TPSA) is 76.7 Å². The van der Waals surface area contributed by atoms with E-state index in [4.69, 9.17) is 9.94 Å². The first-order valence-electron chi connectivity index (χ1n) is 10.7. The molecule has 1 aromatic carbocycles. The molecule has 1 atom stereocenters. The predicted octanol–water partition coefficient (Wildman–Crippen LogP) is 4.87. The summed E-state index contributed by atoms with van der Waals surface area (Å²) in [4.78, 5) is 20.6. The van der Waals surface area contributed by atoms with Gasteiger partial charge in [-0.1, -0.05) is 54.8 Å². The summed E-state index contributed by atoms with van der Waals surface area (Å²) in [5.41, 5.74) is 2.35. The van der Waals surface area contributed by atoms with E-state index in [2.05, 4.69) is 39.0 Å². The molecule has 6 nitrogen and oxygen atoms in total. The summed E-state index contributed by atoms with van der Waals surface area (Å²) in [6, 6.07) is 10.5.